The Balaban J connectivity index is 1.81. The van der Waals surface area contributed by atoms with Gasteiger partial charge >= 0.3 is 5.69 Å². The van der Waals surface area contributed by atoms with Gasteiger partial charge in [-0.1, -0.05) is 23.2 Å². The van der Waals surface area contributed by atoms with Gasteiger partial charge < -0.3 is 4.42 Å². The molecule has 1 aromatic heterocycles. The number of non-ortho nitro benzene ring substituents is 1. The van der Waals surface area contributed by atoms with E-state index < -0.39 is 10.8 Å². The first-order chi connectivity index (χ1) is 12.3. The summed E-state index contributed by atoms with van der Waals surface area (Å²) in [6, 6.07) is 9.24. The summed E-state index contributed by atoms with van der Waals surface area (Å²) in [5.41, 5.74) is 3.28. The van der Waals surface area contributed by atoms with Crippen molar-refractivity contribution in [3.8, 4) is 0 Å². The van der Waals surface area contributed by atoms with Gasteiger partial charge in [-0.05, 0) is 42.8 Å². The Bertz CT molecular complexity index is 1060. The number of nitro benzene ring substituents is 1. The molecule has 1 amide bonds. The van der Waals surface area contributed by atoms with E-state index in [4.69, 9.17) is 27.6 Å². The van der Waals surface area contributed by atoms with Crippen LogP contribution in [0.3, 0.4) is 0 Å². The highest BCUT2D eigenvalue weighted by molar-refractivity contribution is 6.36. The number of amides is 1. The number of nitrogens with one attached hydrogen (secondary N) is 1. The van der Waals surface area contributed by atoms with E-state index in [0.29, 0.717) is 10.4 Å². The summed E-state index contributed by atoms with van der Waals surface area (Å²) in [4.78, 5) is 22.7. The van der Waals surface area contributed by atoms with Gasteiger partial charge in [-0.25, -0.2) is 5.43 Å². The maximum Gasteiger partial charge on any atom is 0.312 e. The highest BCUT2D eigenvalue weighted by atomic mass is 35.5. The number of rotatable bonds is 4. The van der Waals surface area contributed by atoms with E-state index in [0.717, 1.165) is 5.56 Å². The van der Waals surface area contributed by atoms with E-state index in [2.05, 4.69) is 10.5 Å². The van der Waals surface area contributed by atoms with E-state index in [-0.39, 0.29) is 27.6 Å². The molecule has 9 heteroatoms. The molecule has 0 radical (unpaired) electrons. The van der Waals surface area contributed by atoms with Gasteiger partial charge in [0.25, 0.3) is 5.91 Å². The number of furan rings is 1. The molecule has 0 aliphatic rings. The zero-order chi connectivity index (χ0) is 18.8. The van der Waals surface area contributed by atoms with Crippen LogP contribution in [0.1, 0.15) is 21.7 Å². The average molecular weight is 392 g/mol. The first-order valence-corrected chi connectivity index (χ1v) is 8.08. The summed E-state index contributed by atoms with van der Waals surface area (Å²) in [6.45, 7) is 1.75. The molecular weight excluding hydrogens is 381 g/mol. The van der Waals surface area contributed by atoms with Crippen molar-refractivity contribution in [2.45, 2.75) is 6.92 Å². The quantitative estimate of drug-likeness (QED) is 0.395. The lowest BCUT2D eigenvalue weighted by Crippen LogP contribution is -2.17. The number of hydrogen-bond acceptors (Lipinski definition) is 5. The van der Waals surface area contributed by atoms with Crippen molar-refractivity contribution in [1.29, 1.82) is 0 Å². The normalized spacial score (nSPS) is 11.2. The fourth-order valence-corrected chi connectivity index (χ4v) is 2.88. The zero-order valence-electron chi connectivity index (χ0n) is 13.3. The first kappa shape index (κ1) is 17.9. The minimum Gasteiger partial charge on any atom is -0.448 e. The van der Waals surface area contributed by atoms with Gasteiger partial charge in [0.15, 0.2) is 0 Å². The molecule has 132 valence electrons. The van der Waals surface area contributed by atoms with Crippen LogP contribution in [-0.4, -0.2) is 17.0 Å². The van der Waals surface area contributed by atoms with Crippen LogP contribution in [0.25, 0.3) is 11.0 Å². The van der Waals surface area contributed by atoms with Crippen LogP contribution in [0.15, 0.2) is 45.9 Å². The van der Waals surface area contributed by atoms with Crippen molar-refractivity contribution in [3.63, 3.8) is 0 Å². The van der Waals surface area contributed by atoms with Crippen LogP contribution in [0.2, 0.25) is 10.0 Å². The third kappa shape index (κ3) is 3.68. The van der Waals surface area contributed by atoms with Gasteiger partial charge in [0.2, 0.25) is 5.58 Å². The van der Waals surface area contributed by atoms with Crippen molar-refractivity contribution >= 4 is 52.0 Å². The van der Waals surface area contributed by atoms with Gasteiger partial charge in [0.05, 0.1) is 21.7 Å². The third-order valence-electron chi connectivity index (χ3n) is 3.49. The van der Waals surface area contributed by atoms with Crippen LogP contribution in [0.4, 0.5) is 5.69 Å². The van der Waals surface area contributed by atoms with Crippen LogP contribution in [0, 0.1) is 17.0 Å². The van der Waals surface area contributed by atoms with Crippen LogP contribution >= 0.6 is 23.2 Å². The van der Waals surface area contributed by atoms with Gasteiger partial charge in [-0.15, -0.1) is 0 Å². The van der Waals surface area contributed by atoms with E-state index in [9.17, 15) is 14.9 Å². The number of fused-ring (bicyclic) bond motifs is 1. The number of hydrazone groups is 1. The van der Waals surface area contributed by atoms with Crippen LogP contribution < -0.4 is 5.43 Å². The minimum absolute atomic E-state index is 0.128. The van der Waals surface area contributed by atoms with Gasteiger partial charge in [-0.2, -0.15) is 5.10 Å². The summed E-state index contributed by atoms with van der Waals surface area (Å²) in [6.07, 6.45) is 1.25. The molecule has 0 aliphatic heterocycles. The second kappa shape index (κ2) is 7.15. The Morgan fingerprint density at radius 2 is 2.04 bits per heavy atom. The number of aryl methyl sites for hydroxylation is 1. The number of carbonyl (C=O) groups is 1. The SMILES string of the molecule is Cc1cc([N+](=O)[O-])c2oc(/C=N/NC(=O)c3ccc(Cl)cc3Cl)cc2c1. The highest BCUT2D eigenvalue weighted by Crippen LogP contribution is 2.29. The fraction of sp³-hybridized carbons (Fsp3) is 0.0588. The number of nitrogens with zero attached hydrogens (tertiary/aromatic N) is 2. The molecule has 2 aromatic carbocycles. The average Bonchev–Trinajstić information content (AvgIpc) is 2.96. The molecule has 3 rings (SSSR count). The van der Waals surface area contributed by atoms with Gasteiger partial charge in [0.1, 0.15) is 5.76 Å². The monoisotopic (exact) mass is 391 g/mol. The van der Waals surface area contributed by atoms with E-state index in [1.54, 1.807) is 19.1 Å². The number of nitro groups is 1. The number of hydrogen-bond donors (Lipinski definition) is 1. The molecule has 1 heterocycles. The molecule has 7 nitrogen and oxygen atoms in total. The lowest BCUT2D eigenvalue weighted by atomic mass is 10.1. The van der Waals surface area contributed by atoms with Gasteiger partial charge in [-0.3, -0.25) is 14.9 Å². The van der Waals surface area contributed by atoms with Crippen molar-refractivity contribution in [3.05, 3.63) is 73.4 Å². The lowest BCUT2D eigenvalue weighted by molar-refractivity contribution is -0.383. The number of carbonyl (C=O) groups excluding carboxylic acids is 1. The third-order valence-corrected chi connectivity index (χ3v) is 4.04. The Labute approximate surface area is 157 Å². The molecule has 0 bridgehead atoms. The standard InChI is InChI=1S/C17H11Cl2N3O4/c1-9-4-10-6-12(26-16(10)15(5-9)22(24)25)8-20-21-17(23)13-3-2-11(18)7-14(13)19/h2-8H,1H3,(H,21,23)/b20-8+. The summed E-state index contributed by atoms with van der Waals surface area (Å²) in [5.74, 6) is -0.267. The molecular formula is C17H11Cl2N3O4. The molecule has 0 unspecified atom stereocenters. The minimum atomic E-state index is -0.527. The molecule has 0 aliphatic carbocycles. The first-order valence-electron chi connectivity index (χ1n) is 7.32. The van der Waals surface area contributed by atoms with Crippen molar-refractivity contribution in [2.75, 3.05) is 0 Å². The van der Waals surface area contributed by atoms with Crippen molar-refractivity contribution in [1.82, 2.24) is 5.43 Å². The topological polar surface area (TPSA) is 97.7 Å². The molecule has 3 aromatic rings. The Hall–Kier alpha value is -2.90. The second-order valence-corrected chi connectivity index (χ2v) is 6.28. The molecule has 0 saturated carbocycles. The molecule has 0 atom stereocenters. The fourth-order valence-electron chi connectivity index (χ4n) is 2.39. The van der Waals surface area contributed by atoms with Crippen molar-refractivity contribution in [2.24, 2.45) is 5.10 Å². The van der Waals surface area contributed by atoms with Crippen molar-refractivity contribution < 1.29 is 14.1 Å². The maximum absolute atomic E-state index is 12.1. The number of halogens is 2. The predicted octanol–water partition coefficient (Wildman–Crippen LogP) is 4.72. The lowest BCUT2D eigenvalue weighted by Gasteiger charge is -2.02. The summed E-state index contributed by atoms with van der Waals surface area (Å²) >= 11 is 11.7. The van der Waals surface area contributed by atoms with E-state index in [1.807, 2.05) is 0 Å². The predicted molar refractivity (Wildman–Crippen MR) is 99.1 cm³/mol. The summed E-state index contributed by atoms with van der Waals surface area (Å²) in [7, 11) is 0. The maximum atomic E-state index is 12.1. The second-order valence-electron chi connectivity index (χ2n) is 5.43. The van der Waals surface area contributed by atoms with Crippen LogP contribution in [-0.2, 0) is 0 Å². The largest absolute Gasteiger partial charge is 0.448 e. The summed E-state index contributed by atoms with van der Waals surface area (Å²) in [5, 5.41) is 16.1. The van der Waals surface area contributed by atoms with E-state index >= 15 is 0 Å². The molecule has 0 saturated heterocycles. The Morgan fingerprint density at radius 1 is 1.27 bits per heavy atom. The smallest absolute Gasteiger partial charge is 0.312 e. The summed E-state index contributed by atoms with van der Waals surface area (Å²) < 4.78 is 5.46. The molecule has 0 spiro atoms. The van der Waals surface area contributed by atoms with E-state index in [1.165, 1.54) is 30.5 Å². The zero-order valence-corrected chi connectivity index (χ0v) is 14.8. The highest BCUT2D eigenvalue weighted by Gasteiger charge is 2.17. The van der Waals surface area contributed by atoms with Gasteiger partial charge in [0, 0.05) is 16.5 Å². The van der Waals surface area contributed by atoms with Crippen LogP contribution in [0.5, 0.6) is 0 Å². The Kier molecular flexibility index (Phi) is 4.92. The molecule has 26 heavy (non-hydrogen) atoms. The number of benzene rings is 2. The molecule has 0 fully saturated rings. The Morgan fingerprint density at radius 3 is 2.73 bits per heavy atom. The molecule has 1 N–H and O–H groups in total.